The number of nitrogens with two attached hydrogens (primary N) is 1. The third-order valence-corrected chi connectivity index (χ3v) is 5.31. The first-order chi connectivity index (χ1) is 12.9. The molecule has 1 unspecified atom stereocenters. The van der Waals surface area contributed by atoms with E-state index in [1.165, 1.54) is 30.2 Å². The van der Waals surface area contributed by atoms with Crippen LogP contribution in [-0.2, 0) is 4.79 Å². The molecule has 1 aromatic carbocycles. The second-order valence-electron chi connectivity index (χ2n) is 6.08. The fourth-order valence-corrected chi connectivity index (χ4v) is 3.55. The molecule has 10 heteroatoms. The third kappa shape index (κ3) is 4.05. The van der Waals surface area contributed by atoms with Crippen LogP contribution < -0.4 is 11.1 Å². The number of urea groups is 1. The third-order valence-electron chi connectivity index (χ3n) is 3.75. The molecule has 3 rings (SSSR count). The SMILES string of the molecule is CC(C)C(Sc1ncnc2c1cnn2-c1ccc(F)cc1)C(=O)NC(N)=O. The molecular formula is C17H17FN6O2S. The zero-order valence-electron chi connectivity index (χ0n) is 14.6. The summed E-state index contributed by atoms with van der Waals surface area (Å²) in [4.78, 5) is 31.8. The van der Waals surface area contributed by atoms with E-state index in [-0.39, 0.29) is 11.7 Å². The maximum Gasteiger partial charge on any atom is 0.318 e. The van der Waals surface area contributed by atoms with Gasteiger partial charge in [0.25, 0.3) is 0 Å². The van der Waals surface area contributed by atoms with E-state index >= 15 is 0 Å². The van der Waals surface area contributed by atoms with Gasteiger partial charge in [-0.2, -0.15) is 5.10 Å². The number of rotatable bonds is 5. The average Bonchev–Trinajstić information content (AvgIpc) is 3.04. The molecule has 8 nitrogen and oxygen atoms in total. The summed E-state index contributed by atoms with van der Waals surface area (Å²) in [6, 6.07) is 4.95. The van der Waals surface area contributed by atoms with Gasteiger partial charge < -0.3 is 5.73 Å². The van der Waals surface area contributed by atoms with E-state index in [1.54, 1.807) is 23.0 Å². The number of carbonyl (C=O) groups is 2. The standard InChI is InChI=1S/C17H17FN6O2S/c1-9(2)13(15(25)23-17(19)26)27-16-12-7-22-24(14(12)20-8-21-16)11-5-3-10(18)4-6-11/h3-9,13H,1-2H3,(H3,19,23,25,26). The molecule has 0 fully saturated rings. The van der Waals surface area contributed by atoms with Gasteiger partial charge in [0.2, 0.25) is 5.91 Å². The molecule has 2 aromatic heterocycles. The van der Waals surface area contributed by atoms with Gasteiger partial charge in [-0.15, -0.1) is 0 Å². The second-order valence-corrected chi connectivity index (χ2v) is 7.22. The first-order valence-electron chi connectivity index (χ1n) is 8.08. The highest BCUT2D eigenvalue weighted by Gasteiger charge is 2.26. The van der Waals surface area contributed by atoms with Gasteiger partial charge in [-0.25, -0.2) is 23.8 Å². The highest BCUT2D eigenvalue weighted by Crippen LogP contribution is 2.32. The Labute approximate surface area is 158 Å². The van der Waals surface area contributed by atoms with Crippen LogP contribution in [0.4, 0.5) is 9.18 Å². The summed E-state index contributed by atoms with van der Waals surface area (Å²) in [6.45, 7) is 3.72. The number of primary amides is 1. The fourth-order valence-electron chi connectivity index (χ4n) is 2.49. The Hall–Kier alpha value is -3.01. The number of carbonyl (C=O) groups excluding carboxylic acids is 2. The number of fused-ring (bicyclic) bond motifs is 1. The van der Waals surface area contributed by atoms with Crippen LogP contribution in [0.25, 0.3) is 16.7 Å². The molecule has 3 N–H and O–H groups in total. The molecule has 1 atom stereocenters. The van der Waals surface area contributed by atoms with Crippen LogP contribution in [0.5, 0.6) is 0 Å². The van der Waals surface area contributed by atoms with Gasteiger partial charge >= 0.3 is 6.03 Å². The van der Waals surface area contributed by atoms with Crippen molar-refractivity contribution in [1.29, 1.82) is 0 Å². The van der Waals surface area contributed by atoms with Gasteiger partial charge in [0.05, 0.1) is 22.5 Å². The lowest BCUT2D eigenvalue weighted by Gasteiger charge is -2.18. The van der Waals surface area contributed by atoms with E-state index in [0.29, 0.717) is 21.7 Å². The molecule has 2 heterocycles. The number of amides is 3. The fraction of sp³-hybridized carbons (Fsp3) is 0.235. The summed E-state index contributed by atoms with van der Waals surface area (Å²) in [5, 5.41) is 7.03. The molecule has 0 aliphatic heterocycles. The van der Waals surface area contributed by atoms with Crippen molar-refractivity contribution in [3.63, 3.8) is 0 Å². The van der Waals surface area contributed by atoms with Crippen LogP contribution in [0.15, 0.2) is 41.8 Å². The van der Waals surface area contributed by atoms with E-state index in [9.17, 15) is 14.0 Å². The zero-order chi connectivity index (χ0) is 19.6. The predicted octanol–water partition coefficient (Wildman–Crippen LogP) is 2.27. The van der Waals surface area contributed by atoms with Gasteiger partial charge in [-0.1, -0.05) is 25.6 Å². The molecule has 140 valence electrons. The van der Waals surface area contributed by atoms with Gasteiger partial charge in [0.1, 0.15) is 17.2 Å². The summed E-state index contributed by atoms with van der Waals surface area (Å²) in [5.74, 6) is -0.909. The van der Waals surface area contributed by atoms with Crippen LogP contribution in [0.1, 0.15) is 13.8 Å². The van der Waals surface area contributed by atoms with Gasteiger partial charge in [-0.3, -0.25) is 10.1 Å². The minimum absolute atomic E-state index is 0.0773. The van der Waals surface area contributed by atoms with Crippen molar-refractivity contribution in [3.05, 3.63) is 42.6 Å². The Balaban J connectivity index is 1.97. The Bertz CT molecular complexity index is 989. The van der Waals surface area contributed by atoms with Crippen molar-refractivity contribution in [3.8, 4) is 5.69 Å². The van der Waals surface area contributed by atoms with Crippen LogP contribution >= 0.6 is 11.8 Å². The first kappa shape index (κ1) is 18.8. The zero-order valence-corrected chi connectivity index (χ0v) is 15.4. The number of halogens is 1. The second kappa shape index (κ2) is 7.70. The Morgan fingerprint density at radius 2 is 1.93 bits per heavy atom. The summed E-state index contributed by atoms with van der Waals surface area (Å²) >= 11 is 1.20. The minimum atomic E-state index is -0.900. The normalized spacial score (nSPS) is 12.3. The first-order valence-corrected chi connectivity index (χ1v) is 8.96. The number of imide groups is 1. The Morgan fingerprint density at radius 1 is 1.22 bits per heavy atom. The molecule has 3 aromatic rings. The van der Waals surface area contributed by atoms with Crippen LogP contribution in [0.3, 0.4) is 0 Å². The van der Waals surface area contributed by atoms with E-state index < -0.39 is 17.2 Å². The number of hydrogen-bond donors (Lipinski definition) is 2. The number of aromatic nitrogens is 4. The molecule has 0 aliphatic rings. The van der Waals surface area contributed by atoms with Crippen molar-refractivity contribution in [1.82, 2.24) is 25.1 Å². The number of nitrogens with zero attached hydrogens (tertiary/aromatic N) is 4. The van der Waals surface area contributed by atoms with E-state index in [1.807, 2.05) is 13.8 Å². The molecule has 0 radical (unpaired) electrons. The largest absolute Gasteiger partial charge is 0.351 e. The summed E-state index contributed by atoms with van der Waals surface area (Å²) < 4.78 is 14.7. The van der Waals surface area contributed by atoms with Crippen LogP contribution in [0.2, 0.25) is 0 Å². The van der Waals surface area contributed by atoms with E-state index in [0.717, 1.165) is 0 Å². The quantitative estimate of drug-likeness (QED) is 0.512. The smallest absolute Gasteiger partial charge is 0.318 e. The summed E-state index contributed by atoms with van der Waals surface area (Å²) in [6.07, 6.45) is 2.96. The molecule has 0 bridgehead atoms. The lowest BCUT2D eigenvalue weighted by molar-refractivity contribution is -0.120. The Kier molecular flexibility index (Phi) is 5.36. The molecule has 0 spiro atoms. The Morgan fingerprint density at radius 3 is 2.56 bits per heavy atom. The van der Waals surface area contributed by atoms with Gasteiger partial charge in [-0.05, 0) is 30.2 Å². The highest BCUT2D eigenvalue weighted by atomic mass is 32.2. The monoisotopic (exact) mass is 388 g/mol. The van der Waals surface area contributed by atoms with Crippen molar-refractivity contribution in [2.45, 2.75) is 24.1 Å². The maximum atomic E-state index is 13.2. The minimum Gasteiger partial charge on any atom is -0.351 e. The maximum absolute atomic E-state index is 13.2. The molecule has 3 amide bonds. The lowest BCUT2D eigenvalue weighted by Crippen LogP contribution is -2.42. The molecular weight excluding hydrogens is 371 g/mol. The topological polar surface area (TPSA) is 116 Å². The molecule has 0 saturated carbocycles. The lowest BCUT2D eigenvalue weighted by atomic mass is 10.1. The van der Waals surface area contributed by atoms with E-state index in [2.05, 4.69) is 20.4 Å². The summed E-state index contributed by atoms with van der Waals surface area (Å²) in [5.41, 5.74) is 6.22. The van der Waals surface area contributed by atoms with Crippen molar-refractivity contribution in [2.75, 3.05) is 0 Å². The van der Waals surface area contributed by atoms with E-state index in [4.69, 9.17) is 5.73 Å². The number of hydrogen-bond acceptors (Lipinski definition) is 6. The number of nitrogens with one attached hydrogen (secondary N) is 1. The molecule has 0 aliphatic carbocycles. The van der Waals surface area contributed by atoms with Crippen molar-refractivity contribution in [2.24, 2.45) is 11.7 Å². The predicted molar refractivity (Wildman–Crippen MR) is 98.8 cm³/mol. The highest BCUT2D eigenvalue weighted by molar-refractivity contribution is 8.00. The van der Waals surface area contributed by atoms with Crippen LogP contribution in [-0.4, -0.2) is 36.9 Å². The number of thioether (sulfide) groups is 1. The molecule has 27 heavy (non-hydrogen) atoms. The van der Waals surface area contributed by atoms with Crippen LogP contribution in [0, 0.1) is 11.7 Å². The summed E-state index contributed by atoms with van der Waals surface area (Å²) in [7, 11) is 0. The van der Waals surface area contributed by atoms with Gasteiger partial charge in [0.15, 0.2) is 5.65 Å². The van der Waals surface area contributed by atoms with Crippen molar-refractivity contribution < 1.29 is 14.0 Å². The number of benzene rings is 1. The van der Waals surface area contributed by atoms with Crippen molar-refractivity contribution >= 4 is 34.7 Å². The van der Waals surface area contributed by atoms with Gasteiger partial charge in [0, 0.05) is 0 Å². The molecule has 0 saturated heterocycles. The average molecular weight is 388 g/mol.